The van der Waals surface area contributed by atoms with Crippen LogP contribution in [0.4, 0.5) is 0 Å². The van der Waals surface area contributed by atoms with E-state index in [-0.39, 0.29) is 5.91 Å². The second kappa shape index (κ2) is 5.50. The van der Waals surface area contributed by atoms with Crippen molar-refractivity contribution in [3.63, 3.8) is 0 Å². The molecule has 1 aliphatic rings. The average Bonchev–Trinajstić information content (AvgIpc) is 2.39. The molecule has 0 bridgehead atoms. The number of amides is 1. The number of likely N-dealkylation sites (tertiary alicyclic amines) is 1. The number of aromatic nitrogens is 1. The molecule has 0 aromatic carbocycles. The van der Waals surface area contributed by atoms with E-state index in [0.717, 1.165) is 31.8 Å². The monoisotopic (exact) mass is 252 g/mol. The molecule has 0 atom stereocenters. The van der Waals surface area contributed by atoms with E-state index < -0.39 is 0 Å². The van der Waals surface area contributed by atoms with Crippen LogP contribution in [-0.2, 0) is 0 Å². The fourth-order valence-electron chi connectivity index (χ4n) is 2.26. The second-order valence-corrected chi connectivity index (χ2v) is 4.91. The number of carbonyl (C=O) groups excluding carboxylic acids is 1. The number of carbonyl (C=O) groups is 1. The van der Waals surface area contributed by atoms with E-state index in [9.17, 15) is 4.79 Å². The molecule has 17 heavy (non-hydrogen) atoms. The zero-order valence-corrected chi connectivity index (χ0v) is 10.8. The van der Waals surface area contributed by atoms with Gasteiger partial charge in [0.15, 0.2) is 0 Å². The number of pyridine rings is 1. The highest BCUT2D eigenvalue weighted by Crippen LogP contribution is 2.23. The summed E-state index contributed by atoms with van der Waals surface area (Å²) in [6.45, 7) is 3.90. The fourth-order valence-corrected chi connectivity index (χ4v) is 2.46. The summed E-state index contributed by atoms with van der Waals surface area (Å²) in [5.74, 6) is 0.805. The van der Waals surface area contributed by atoms with Crippen LogP contribution in [0.5, 0.6) is 0 Å². The summed E-state index contributed by atoms with van der Waals surface area (Å²) in [4.78, 5) is 18.0. The van der Waals surface area contributed by atoms with Crippen LogP contribution in [0.2, 0.25) is 5.02 Å². The minimum Gasteiger partial charge on any atom is -0.339 e. The van der Waals surface area contributed by atoms with Crippen LogP contribution < -0.4 is 0 Å². The molecule has 1 fully saturated rings. The van der Waals surface area contributed by atoms with Gasteiger partial charge in [-0.15, -0.1) is 0 Å². The first-order valence-corrected chi connectivity index (χ1v) is 6.49. The molecule has 1 aromatic heterocycles. The average molecular weight is 253 g/mol. The van der Waals surface area contributed by atoms with E-state index in [4.69, 9.17) is 11.6 Å². The lowest BCUT2D eigenvalue weighted by atomic mass is 9.94. The van der Waals surface area contributed by atoms with Crippen molar-refractivity contribution in [2.45, 2.75) is 26.2 Å². The highest BCUT2D eigenvalue weighted by atomic mass is 35.5. The highest BCUT2D eigenvalue weighted by molar-refractivity contribution is 6.33. The van der Waals surface area contributed by atoms with Gasteiger partial charge in [0, 0.05) is 25.5 Å². The van der Waals surface area contributed by atoms with E-state index in [1.54, 1.807) is 12.3 Å². The van der Waals surface area contributed by atoms with E-state index in [0.29, 0.717) is 10.6 Å². The van der Waals surface area contributed by atoms with Gasteiger partial charge in [0.2, 0.25) is 0 Å². The first-order chi connectivity index (χ1) is 8.22. The Morgan fingerprint density at radius 1 is 1.53 bits per heavy atom. The van der Waals surface area contributed by atoms with Gasteiger partial charge in [0.05, 0.1) is 10.6 Å². The number of piperidine rings is 1. The van der Waals surface area contributed by atoms with Gasteiger partial charge in [-0.2, -0.15) is 0 Å². The molecular formula is C13H17ClN2O. The fraction of sp³-hybridized carbons (Fsp3) is 0.538. The minimum absolute atomic E-state index is 0.0342. The molecule has 0 saturated carbocycles. The van der Waals surface area contributed by atoms with Crippen LogP contribution in [0.15, 0.2) is 18.5 Å². The zero-order valence-electron chi connectivity index (χ0n) is 10.0. The molecular weight excluding hydrogens is 236 g/mol. The summed E-state index contributed by atoms with van der Waals surface area (Å²) in [5.41, 5.74) is 0.566. The predicted molar refractivity (Wildman–Crippen MR) is 68.2 cm³/mol. The van der Waals surface area contributed by atoms with Crippen molar-refractivity contribution in [1.29, 1.82) is 0 Å². The summed E-state index contributed by atoms with van der Waals surface area (Å²) in [6, 6.07) is 1.69. The lowest BCUT2D eigenvalue weighted by Crippen LogP contribution is -2.38. The van der Waals surface area contributed by atoms with Crippen LogP contribution in [0, 0.1) is 5.92 Å². The zero-order chi connectivity index (χ0) is 12.3. The number of nitrogens with zero attached hydrogens (tertiary/aromatic N) is 2. The minimum atomic E-state index is 0.0342. The molecule has 1 saturated heterocycles. The molecule has 0 N–H and O–H groups in total. The van der Waals surface area contributed by atoms with Crippen molar-refractivity contribution in [3.8, 4) is 0 Å². The van der Waals surface area contributed by atoms with Gasteiger partial charge in [-0.05, 0) is 24.8 Å². The SMILES string of the molecule is CCC1CCN(C(=O)c2ccncc2Cl)CC1. The van der Waals surface area contributed by atoms with Gasteiger partial charge < -0.3 is 4.90 Å². The maximum Gasteiger partial charge on any atom is 0.255 e. The molecule has 0 unspecified atom stereocenters. The van der Waals surface area contributed by atoms with Crippen molar-refractivity contribution in [2.24, 2.45) is 5.92 Å². The first kappa shape index (κ1) is 12.4. The smallest absolute Gasteiger partial charge is 0.255 e. The summed E-state index contributed by atoms with van der Waals surface area (Å²) in [7, 11) is 0. The van der Waals surface area contributed by atoms with E-state index in [1.807, 2.05) is 4.90 Å². The molecule has 2 heterocycles. The lowest BCUT2D eigenvalue weighted by molar-refractivity contribution is 0.0689. The standard InChI is InChI=1S/C13H17ClN2O/c1-2-10-4-7-16(8-5-10)13(17)11-3-6-15-9-12(11)14/h3,6,9-10H,2,4-5,7-8H2,1H3. The van der Waals surface area contributed by atoms with Crippen molar-refractivity contribution in [2.75, 3.05) is 13.1 Å². The van der Waals surface area contributed by atoms with E-state index in [2.05, 4.69) is 11.9 Å². The summed E-state index contributed by atoms with van der Waals surface area (Å²) in [6.07, 6.45) is 6.54. The Morgan fingerprint density at radius 3 is 2.82 bits per heavy atom. The van der Waals surface area contributed by atoms with Gasteiger partial charge in [-0.3, -0.25) is 9.78 Å². The van der Waals surface area contributed by atoms with Gasteiger partial charge in [-0.1, -0.05) is 24.9 Å². The predicted octanol–water partition coefficient (Wildman–Crippen LogP) is 3.00. The largest absolute Gasteiger partial charge is 0.339 e. The maximum atomic E-state index is 12.2. The molecule has 1 aromatic rings. The molecule has 0 aliphatic carbocycles. The van der Waals surface area contributed by atoms with E-state index >= 15 is 0 Å². The van der Waals surface area contributed by atoms with E-state index in [1.165, 1.54) is 12.6 Å². The molecule has 0 radical (unpaired) electrons. The summed E-state index contributed by atoms with van der Waals surface area (Å²) < 4.78 is 0. The topological polar surface area (TPSA) is 33.2 Å². The second-order valence-electron chi connectivity index (χ2n) is 4.50. The Hall–Kier alpha value is -1.09. The Kier molecular flexibility index (Phi) is 4.00. The molecule has 4 heteroatoms. The van der Waals surface area contributed by atoms with Crippen LogP contribution in [0.1, 0.15) is 36.5 Å². The van der Waals surface area contributed by atoms with Gasteiger partial charge in [-0.25, -0.2) is 0 Å². The Morgan fingerprint density at radius 2 is 2.24 bits per heavy atom. The van der Waals surface area contributed by atoms with Crippen molar-refractivity contribution >= 4 is 17.5 Å². The summed E-state index contributed by atoms with van der Waals surface area (Å²) in [5, 5.41) is 0.440. The first-order valence-electron chi connectivity index (χ1n) is 6.11. The van der Waals surface area contributed by atoms with Crippen molar-refractivity contribution < 1.29 is 4.79 Å². The van der Waals surface area contributed by atoms with Crippen molar-refractivity contribution in [3.05, 3.63) is 29.0 Å². The maximum absolute atomic E-state index is 12.2. The number of halogens is 1. The Balaban J connectivity index is 2.04. The Bertz CT molecular complexity index is 400. The van der Waals surface area contributed by atoms with Crippen LogP contribution in [0.25, 0.3) is 0 Å². The lowest BCUT2D eigenvalue weighted by Gasteiger charge is -2.31. The van der Waals surface area contributed by atoms with Crippen LogP contribution in [0.3, 0.4) is 0 Å². The molecule has 1 aliphatic heterocycles. The van der Waals surface area contributed by atoms with Crippen LogP contribution in [-0.4, -0.2) is 28.9 Å². The Labute approximate surface area is 107 Å². The molecule has 3 nitrogen and oxygen atoms in total. The molecule has 92 valence electrons. The number of hydrogen-bond donors (Lipinski definition) is 0. The molecule has 2 rings (SSSR count). The quantitative estimate of drug-likeness (QED) is 0.811. The number of hydrogen-bond acceptors (Lipinski definition) is 2. The number of rotatable bonds is 2. The van der Waals surface area contributed by atoms with Crippen molar-refractivity contribution in [1.82, 2.24) is 9.88 Å². The molecule has 1 amide bonds. The molecule has 0 spiro atoms. The third-order valence-corrected chi connectivity index (χ3v) is 3.78. The highest BCUT2D eigenvalue weighted by Gasteiger charge is 2.23. The summed E-state index contributed by atoms with van der Waals surface area (Å²) >= 11 is 5.98. The van der Waals surface area contributed by atoms with Crippen LogP contribution >= 0.6 is 11.6 Å². The normalized spacial score (nSPS) is 17.2. The third kappa shape index (κ3) is 2.78. The van der Waals surface area contributed by atoms with Gasteiger partial charge in [0.25, 0.3) is 5.91 Å². The third-order valence-electron chi connectivity index (χ3n) is 3.48. The van der Waals surface area contributed by atoms with Gasteiger partial charge in [0.1, 0.15) is 0 Å². The van der Waals surface area contributed by atoms with Gasteiger partial charge >= 0.3 is 0 Å².